The lowest BCUT2D eigenvalue weighted by Crippen LogP contribution is -2.21. The number of carboxylic acid groups (broad SMARTS) is 1. The zero-order valence-electron chi connectivity index (χ0n) is 15.8. The molecule has 158 valence electrons. The van der Waals surface area contributed by atoms with Gasteiger partial charge < -0.3 is 34.7 Å². The van der Waals surface area contributed by atoms with E-state index in [2.05, 4.69) is 0 Å². The summed E-state index contributed by atoms with van der Waals surface area (Å²) in [4.78, 5) is 23.9. The van der Waals surface area contributed by atoms with Crippen molar-refractivity contribution in [3.63, 3.8) is 0 Å². The quantitative estimate of drug-likeness (QED) is 0.397. The summed E-state index contributed by atoms with van der Waals surface area (Å²) in [6, 6.07) is 7.87. The number of carbonyl (C=O) groups is 1. The zero-order chi connectivity index (χ0) is 22.3. The first-order valence-electron chi connectivity index (χ1n) is 9.06. The second kappa shape index (κ2) is 7.45. The van der Waals surface area contributed by atoms with Crippen LogP contribution in [-0.2, 0) is 4.79 Å². The summed E-state index contributed by atoms with van der Waals surface area (Å²) >= 11 is 0. The molecule has 9 nitrogen and oxygen atoms in total. The summed E-state index contributed by atoms with van der Waals surface area (Å²) in [7, 11) is 0. The highest BCUT2D eigenvalue weighted by Crippen LogP contribution is 2.46. The van der Waals surface area contributed by atoms with Gasteiger partial charge in [-0.25, -0.2) is 4.79 Å². The molecule has 1 atom stereocenters. The number of aliphatic carboxylic acids is 1. The summed E-state index contributed by atoms with van der Waals surface area (Å²) < 4.78 is 11.0. The van der Waals surface area contributed by atoms with Gasteiger partial charge in [-0.3, -0.25) is 4.79 Å². The Hall–Kier alpha value is -4.40. The Labute approximate surface area is 174 Å². The molecule has 0 saturated heterocycles. The van der Waals surface area contributed by atoms with E-state index in [1.807, 2.05) is 0 Å². The van der Waals surface area contributed by atoms with Crippen molar-refractivity contribution in [3.8, 4) is 39.9 Å². The second-order valence-electron chi connectivity index (χ2n) is 6.89. The van der Waals surface area contributed by atoms with E-state index < -0.39 is 35.6 Å². The molecule has 0 unspecified atom stereocenters. The maximum Gasteiger partial charge on any atom is 0.347 e. The molecular formula is C22H16O9. The maximum atomic E-state index is 12.7. The van der Waals surface area contributed by atoms with Gasteiger partial charge in [-0.15, -0.1) is 0 Å². The highest BCUT2D eigenvalue weighted by atomic mass is 16.5. The van der Waals surface area contributed by atoms with E-state index in [0.717, 1.165) is 12.1 Å². The molecule has 3 aromatic rings. The Morgan fingerprint density at radius 3 is 2.35 bits per heavy atom. The molecule has 5 N–H and O–H groups in total. The highest BCUT2D eigenvalue weighted by molar-refractivity contribution is 5.80. The van der Waals surface area contributed by atoms with Crippen molar-refractivity contribution in [3.05, 3.63) is 63.7 Å². The summed E-state index contributed by atoms with van der Waals surface area (Å²) in [6.45, 7) is 0. The van der Waals surface area contributed by atoms with Gasteiger partial charge in [0.05, 0.1) is 6.42 Å². The number of benzene rings is 2. The van der Waals surface area contributed by atoms with Crippen molar-refractivity contribution >= 4 is 18.1 Å². The normalized spacial score (nSPS) is 14.6. The SMILES string of the molecule is O=C(O)C[C@H]1Oc2cc(/C=C/c3ccc(O)c(O)c3)oc(=O)c2-c2cc(O)c(O)cc21. The largest absolute Gasteiger partial charge is 0.504 e. The molecule has 0 bridgehead atoms. The van der Waals surface area contributed by atoms with E-state index in [-0.39, 0.29) is 39.7 Å². The van der Waals surface area contributed by atoms with Gasteiger partial charge in [-0.2, -0.15) is 0 Å². The molecule has 4 rings (SSSR count). The van der Waals surface area contributed by atoms with E-state index in [0.29, 0.717) is 5.56 Å². The van der Waals surface area contributed by atoms with Crippen LogP contribution >= 0.6 is 0 Å². The third kappa shape index (κ3) is 3.76. The van der Waals surface area contributed by atoms with Crippen LogP contribution in [0.25, 0.3) is 23.3 Å². The van der Waals surface area contributed by atoms with Gasteiger partial charge >= 0.3 is 11.6 Å². The van der Waals surface area contributed by atoms with Crippen LogP contribution < -0.4 is 10.4 Å². The van der Waals surface area contributed by atoms with Crippen molar-refractivity contribution in [1.29, 1.82) is 0 Å². The third-order valence-electron chi connectivity index (χ3n) is 4.77. The highest BCUT2D eigenvalue weighted by Gasteiger charge is 2.32. The number of hydrogen-bond acceptors (Lipinski definition) is 8. The van der Waals surface area contributed by atoms with Crippen LogP contribution in [-0.4, -0.2) is 31.5 Å². The molecule has 1 aliphatic heterocycles. The molecule has 31 heavy (non-hydrogen) atoms. The standard InChI is InChI=1S/C22H16O9/c23-14-4-2-10(5-15(14)24)1-3-11-6-19-21(22(29)30-11)13-8-17(26)16(25)7-12(13)18(31-19)9-20(27)28/h1-8,18,23-26H,9H2,(H,27,28)/b3-1+/t18-/m1/s1. The topological polar surface area (TPSA) is 158 Å². The van der Waals surface area contributed by atoms with E-state index >= 15 is 0 Å². The number of phenols is 4. The van der Waals surface area contributed by atoms with E-state index in [1.54, 1.807) is 0 Å². The van der Waals surface area contributed by atoms with Crippen LogP contribution in [0.4, 0.5) is 0 Å². The predicted octanol–water partition coefficient (Wildman–Crippen LogP) is 3.21. The first-order valence-corrected chi connectivity index (χ1v) is 9.06. The van der Waals surface area contributed by atoms with Gasteiger partial charge in [0, 0.05) is 17.2 Å². The van der Waals surface area contributed by atoms with Gasteiger partial charge in [0.2, 0.25) is 0 Å². The first-order chi connectivity index (χ1) is 14.7. The minimum atomic E-state index is -1.15. The molecule has 2 heterocycles. The number of rotatable bonds is 4. The number of carboxylic acids is 1. The van der Waals surface area contributed by atoms with E-state index in [1.165, 1.54) is 36.4 Å². The van der Waals surface area contributed by atoms with Crippen LogP contribution in [0.3, 0.4) is 0 Å². The number of hydrogen-bond donors (Lipinski definition) is 5. The van der Waals surface area contributed by atoms with Gasteiger partial charge in [0.15, 0.2) is 23.0 Å². The summed E-state index contributed by atoms with van der Waals surface area (Å²) in [5.41, 5.74) is 0.166. The van der Waals surface area contributed by atoms with Crippen molar-refractivity contribution < 1.29 is 39.5 Å². The Balaban J connectivity index is 1.79. The number of phenolic OH excluding ortho intramolecular Hbond substituents is 4. The van der Waals surface area contributed by atoms with Gasteiger partial charge in [0.25, 0.3) is 0 Å². The molecule has 0 fully saturated rings. The molecule has 0 radical (unpaired) electrons. The average molecular weight is 424 g/mol. The Morgan fingerprint density at radius 2 is 1.65 bits per heavy atom. The minimum Gasteiger partial charge on any atom is -0.504 e. The van der Waals surface area contributed by atoms with E-state index in [9.17, 15) is 35.1 Å². The fraction of sp³-hybridized carbons (Fsp3) is 0.0909. The van der Waals surface area contributed by atoms with Crippen LogP contribution in [0.5, 0.6) is 28.7 Å². The van der Waals surface area contributed by atoms with Crippen molar-refractivity contribution in [2.24, 2.45) is 0 Å². The lowest BCUT2D eigenvalue weighted by molar-refractivity contribution is -0.138. The predicted molar refractivity (Wildman–Crippen MR) is 108 cm³/mol. The number of ether oxygens (including phenoxy) is 1. The van der Waals surface area contributed by atoms with Crippen LogP contribution in [0.15, 0.2) is 45.6 Å². The summed E-state index contributed by atoms with van der Waals surface area (Å²) in [6.07, 6.45) is 1.53. The molecule has 1 aromatic heterocycles. The average Bonchev–Trinajstić information content (AvgIpc) is 2.69. The summed E-state index contributed by atoms with van der Waals surface area (Å²) in [5.74, 6) is -2.53. The monoisotopic (exact) mass is 424 g/mol. The lowest BCUT2D eigenvalue weighted by Gasteiger charge is -2.27. The maximum absolute atomic E-state index is 12.7. The fourth-order valence-electron chi connectivity index (χ4n) is 3.33. The van der Waals surface area contributed by atoms with Crippen molar-refractivity contribution in [1.82, 2.24) is 0 Å². The molecule has 9 heteroatoms. The van der Waals surface area contributed by atoms with Crippen LogP contribution in [0, 0.1) is 0 Å². The minimum absolute atomic E-state index is 0.00799. The zero-order valence-corrected chi connectivity index (χ0v) is 15.8. The number of aromatic hydroxyl groups is 4. The van der Waals surface area contributed by atoms with Gasteiger partial charge in [-0.05, 0) is 35.9 Å². The lowest BCUT2D eigenvalue weighted by atomic mass is 9.91. The second-order valence-corrected chi connectivity index (χ2v) is 6.89. The third-order valence-corrected chi connectivity index (χ3v) is 4.77. The first kappa shape index (κ1) is 19.9. The Bertz CT molecular complexity index is 1290. The fourth-order valence-corrected chi connectivity index (χ4v) is 3.33. The van der Waals surface area contributed by atoms with Crippen LogP contribution in [0.1, 0.15) is 29.4 Å². The number of fused-ring (bicyclic) bond motifs is 3. The van der Waals surface area contributed by atoms with Gasteiger partial charge in [-0.1, -0.05) is 12.1 Å². The summed E-state index contributed by atoms with van der Waals surface area (Å²) in [5, 5.41) is 47.8. The Morgan fingerprint density at radius 1 is 0.935 bits per heavy atom. The smallest absolute Gasteiger partial charge is 0.347 e. The molecule has 1 aliphatic rings. The Kier molecular flexibility index (Phi) is 4.78. The molecule has 0 amide bonds. The van der Waals surface area contributed by atoms with E-state index in [4.69, 9.17) is 9.15 Å². The van der Waals surface area contributed by atoms with Gasteiger partial charge in [0.1, 0.15) is 23.2 Å². The molecule has 0 spiro atoms. The molecule has 0 aliphatic carbocycles. The molecule has 2 aromatic carbocycles. The van der Waals surface area contributed by atoms with Crippen LogP contribution in [0.2, 0.25) is 0 Å². The van der Waals surface area contributed by atoms with Crippen molar-refractivity contribution in [2.45, 2.75) is 12.5 Å². The molecule has 0 saturated carbocycles. The van der Waals surface area contributed by atoms with Crippen molar-refractivity contribution in [2.75, 3.05) is 0 Å². The molecular weight excluding hydrogens is 408 g/mol.